The van der Waals surface area contributed by atoms with E-state index in [0.29, 0.717) is 11.8 Å². The maximum Gasteiger partial charge on any atom is 0.224 e. The zero-order chi connectivity index (χ0) is 18.5. The summed E-state index contributed by atoms with van der Waals surface area (Å²) >= 11 is 0. The summed E-state index contributed by atoms with van der Waals surface area (Å²) in [5.41, 5.74) is 3.62. The molecule has 2 unspecified atom stereocenters. The molecule has 3 aliphatic rings. The molecule has 27 heavy (non-hydrogen) atoms. The number of para-hydroxylation sites is 1. The molecule has 2 fully saturated rings. The van der Waals surface area contributed by atoms with Crippen molar-refractivity contribution in [1.29, 1.82) is 0 Å². The molecular weight excluding hydrogens is 334 g/mol. The van der Waals surface area contributed by atoms with Crippen molar-refractivity contribution < 1.29 is 4.79 Å². The number of nitrogens with one attached hydrogen (secondary N) is 1. The number of carbonyl (C=O) groups excluding carboxylic acids is 1. The zero-order valence-corrected chi connectivity index (χ0v) is 16.1. The Morgan fingerprint density at radius 2 is 1.89 bits per heavy atom. The van der Waals surface area contributed by atoms with Crippen molar-refractivity contribution in [2.75, 3.05) is 10.2 Å². The van der Waals surface area contributed by atoms with Gasteiger partial charge < -0.3 is 10.2 Å². The van der Waals surface area contributed by atoms with Gasteiger partial charge in [-0.05, 0) is 60.8 Å². The number of aromatic nitrogens is 1. The van der Waals surface area contributed by atoms with Crippen molar-refractivity contribution in [2.45, 2.75) is 57.5 Å². The summed E-state index contributed by atoms with van der Waals surface area (Å²) in [7, 11) is 0. The summed E-state index contributed by atoms with van der Waals surface area (Å²) in [4.78, 5) is 19.3. The van der Waals surface area contributed by atoms with Gasteiger partial charge in [-0.3, -0.25) is 4.79 Å². The minimum Gasteiger partial charge on any atom is -0.363 e. The first-order valence-electron chi connectivity index (χ1n) is 10.2. The molecule has 4 heteroatoms. The molecule has 0 spiro atoms. The van der Waals surface area contributed by atoms with E-state index in [1.807, 2.05) is 12.3 Å². The molecule has 3 atom stereocenters. The van der Waals surface area contributed by atoms with Crippen molar-refractivity contribution in [3.8, 4) is 0 Å². The Bertz CT molecular complexity index is 854. The van der Waals surface area contributed by atoms with E-state index in [2.05, 4.69) is 52.5 Å². The van der Waals surface area contributed by atoms with Crippen LogP contribution in [0.4, 0.5) is 11.5 Å². The molecule has 1 aromatic heterocycles. The Morgan fingerprint density at radius 1 is 1.11 bits per heavy atom. The third kappa shape index (κ3) is 3.01. The second-order valence-corrected chi connectivity index (χ2v) is 8.51. The molecule has 1 aromatic carbocycles. The number of pyridine rings is 1. The molecule has 1 aliphatic heterocycles. The molecule has 2 aliphatic carbocycles. The number of anilines is 2. The SMILES string of the molecule is CC(=O)N1c2ccccc2C(Nc2ccc(C3CC3)cn2)[C@@H](C)C1C1CC1. The first kappa shape index (κ1) is 16.8. The Hall–Kier alpha value is -2.36. The average molecular weight is 361 g/mol. The maximum atomic E-state index is 12.5. The molecule has 1 N–H and O–H groups in total. The molecule has 0 saturated heterocycles. The van der Waals surface area contributed by atoms with Crippen LogP contribution in [0.3, 0.4) is 0 Å². The largest absolute Gasteiger partial charge is 0.363 e. The lowest BCUT2D eigenvalue weighted by atomic mass is 9.80. The van der Waals surface area contributed by atoms with Crippen molar-refractivity contribution in [3.05, 3.63) is 53.7 Å². The van der Waals surface area contributed by atoms with Crippen LogP contribution in [0.25, 0.3) is 0 Å². The molecule has 2 saturated carbocycles. The monoisotopic (exact) mass is 361 g/mol. The number of nitrogens with zero attached hydrogens (tertiary/aromatic N) is 2. The molecule has 2 aromatic rings. The molecule has 2 heterocycles. The lowest BCUT2D eigenvalue weighted by Gasteiger charge is -2.45. The summed E-state index contributed by atoms with van der Waals surface area (Å²) in [6.07, 6.45) is 7.07. The molecule has 140 valence electrons. The van der Waals surface area contributed by atoms with E-state index in [4.69, 9.17) is 0 Å². The predicted molar refractivity (Wildman–Crippen MR) is 108 cm³/mol. The van der Waals surface area contributed by atoms with Crippen LogP contribution in [0.5, 0.6) is 0 Å². The Labute approximate surface area is 161 Å². The highest BCUT2D eigenvalue weighted by atomic mass is 16.2. The number of benzene rings is 1. The first-order chi connectivity index (χ1) is 13.1. The Kier molecular flexibility index (Phi) is 3.96. The number of hydrogen-bond donors (Lipinski definition) is 1. The third-order valence-electron chi connectivity index (χ3n) is 6.48. The van der Waals surface area contributed by atoms with Gasteiger partial charge in [0.1, 0.15) is 5.82 Å². The van der Waals surface area contributed by atoms with Gasteiger partial charge in [0.05, 0.1) is 6.04 Å². The second kappa shape index (κ2) is 6.36. The van der Waals surface area contributed by atoms with Gasteiger partial charge in [0.15, 0.2) is 0 Å². The van der Waals surface area contributed by atoms with Crippen LogP contribution in [-0.2, 0) is 4.79 Å². The van der Waals surface area contributed by atoms with Crippen LogP contribution in [0.2, 0.25) is 0 Å². The van der Waals surface area contributed by atoms with Gasteiger partial charge in [-0.2, -0.15) is 0 Å². The number of rotatable bonds is 4. The topological polar surface area (TPSA) is 45.2 Å². The van der Waals surface area contributed by atoms with E-state index in [-0.39, 0.29) is 18.0 Å². The van der Waals surface area contributed by atoms with Crippen LogP contribution >= 0.6 is 0 Å². The summed E-state index contributed by atoms with van der Waals surface area (Å²) in [5, 5.41) is 3.70. The molecule has 4 nitrogen and oxygen atoms in total. The normalized spacial score (nSPS) is 27.2. The number of carbonyl (C=O) groups is 1. The van der Waals surface area contributed by atoms with E-state index in [0.717, 1.165) is 17.4 Å². The van der Waals surface area contributed by atoms with E-state index in [1.165, 1.54) is 36.8 Å². The Balaban J connectivity index is 1.50. The zero-order valence-electron chi connectivity index (χ0n) is 16.1. The van der Waals surface area contributed by atoms with Crippen LogP contribution in [0, 0.1) is 11.8 Å². The number of fused-ring (bicyclic) bond motifs is 1. The first-order valence-corrected chi connectivity index (χ1v) is 10.2. The fraction of sp³-hybridized carbons (Fsp3) is 0.478. The third-order valence-corrected chi connectivity index (χ3v) is 6.48. The maximum absolute atomic E-state index is 12.5. The summed E-state index contributed by atoms with van der Waals surface area (Å²) < 4.78 is 0. The Morgan fingerprint density at radius 3 is 2.52 bits per heavy atom. The highest BCUT2D eigenvalue weighted by Crippen LogP contribution is 2.49. The molecule has 1 amide bonds. The highest BCUT2D eigenvalue weighted by molar-refractivity contribution is 5.94. The van der Waals surface area contributed by atoms with E-state index < -0.39 is 0 Å². The van der Waals surface area contributed by atoms with Crippen LogP contribution in [0.15, 0.2) is 42.6 Å². The van der Waals surface area contributed by atoms with Crippen LogP contribution in [-0.4, -0.2) is 16.9 Å². The van der Waals surface area contributed by atoms with E-state index in [9.17, 15) is 4.79 Å². The lowest BCUT2D eigenvalue weighted by Crippen LogP contribution is -2.51. The fourth-order valence-corrected chi connectivity index (χ4v) is 4.82. The van der Waals surface area contributed by atoms with Gasteiger partial charge in [0.2, 0.25) is 5.91 Å². The molecular formula is C23H27N3O. The summed E-state index contributed by atoms with van der Waals surface area (Å²) in [6.45, 7) is 3.98. The number of amides is 1. The summed E-state index contributed by atoms with van der Waals surface area (Å²) in [5.74, 6) is 2.76. The lowest BCUT2D eigenvalue weighted by molar-refractivity contribution is -0.117. The van der Waals surface area contributed by atoms with Gasteiger partial charge >= 0.3 is 0 Å². The quantitative estimate of drug-likeness (QED) is 0.843. The predicted octanol–water partition coefficient (Wildman–Crippen LogP) is 4.89. The standard InChI is InChI=1S/C23H27N3O/c1-14-22(25-21-12-11-18(13-24-21)16-7-8-16)19-5-3-4-6-20(19)26(15(2)27)23(14)17-9-10-17/h3-6,11-14,16-17,22-23H,7-10H2,1-2H3,(H,24,25)/t14-,22?,23?/m1/s1. The van der Waals surface area contributed by atoms with Crippen molar-refractivity contribution in [3.63, 3.8) is 0 Å². The van der Waals surface area contributed by atoms with Crippen molar-refractivity contribution in [1.82, 2.24) is 4.98 Å². The van der Waals surface area contributed by atoms with Gasteiger partial charge in [0, 0.05) is 30.8 Å². The molecule has 0 radical (unpaired) electrons. The van der Waals surface area contributed by atoms with Crippen molar-refractivity contribution >= 4 is 17.4 Å². The molecule has 5 rings (SSSR count). The van der Waals surface area contributed by atoms with Crippen molar-refractivity contribution in [2.24, 2.45) is 11.8 Å². The minimum atomic E-state index is 0.150. The summed E-state index contributed by atoms with van der Waals surface area (Å²) in [6, 6.07) is 13.1. The van der Waals surface area contributed by atoms with E-state index >= 15 is 0 Å². The second-order valence-electron chi connectivity index (χ2n) is 8.51. The highest BCUT2D eigenvalue weighted by Gasteiger charge is 2.47. The van der Waals surface area contributed by atoms with Crippen LogP contribution in [0.1, 0.15) is 62.6 Å². The smallest absolute Gasteiger partial charge is 0.224 e. The van der Waals surface area contributed by atoms with Gasteiger partial charge in [0.25, 0.3) is 0 Å². The van der Waals surface area contributed by atoms with Gasteiger partial charge in [-0.15, -0.1) is 0 Å². The van der Waals surface area contributed by atoms with E-state index in [1.54, 1.807) is 6.92 Å². The van der Waals surface area contributed by atoms with Crippen LogP contribution < -0.4 is 10.2 Å². The molecule has 0 bridgehead atoms. The minimum absolute atomic E-state index is 0.150. The van der Waals surface area contributed by atoms with Gasteiger partial charge in [-0.1, -0.05) is 31.2 Å². The number of hydrogen-bond acceptors (Lipinski definition) is 3. The average Bonchev–Trinajstić information content (AvgIpc) is 3.56. The van der Waals surface area contributed by atoms with Gasteiger partial charge in [-0.25, -0.2) is 4.98 Å². The fourth-order valence-electron chi connectivity index (χ4n) is 4.82.